The molecule has 3 saturated heterocycles. The predicted octanol–water partition coefficient (Wildman–Crippen LogP) is 2.97. The molecule has 1 spiro atoms. The van der Waals surface area contributed by atoms with Gasteiger partial charge in [-0.05, 0) is 32.6 Å². The van der Waals surface area contributed by atoms with E-state index in [0.29, 0.717) is 10.8 Å². The maximum atomic E-state index is 5.72. The topological polar surface area (TPSA) is 49.3 Å². The number of aliphatic imine (C=N–C) groups is 1. The van der Waals surface area contributed by atoms with Crippen molar-refractivity contribution in [2.45, 2.75) is 51.9 Å². The SMILES string of the molecule is CCNC(=NCC1(CN2CCOCC2)CCCCC1)N1CCC2(CCOC2)C1.I. The molecule has 4 rings (SSSR count). The van der Waals surface area contributed by atoms with Gasteiger partial charge < -0.3 is 19.7 Å². The van der Waals surface area contributed by atoms with E-state index in [2.05, 4.69) is 22.0 Å². The maximum absolute atomic E-state index is 5.72. The highest BCUT2D eigenvalue weighted by Gasteiger charge is 2.42. The lowest BCUT2D eigenvalue weighted by Crippen LogP contribution is -2.47. The molecule has 0 aromatic rings. The summed E-state index contributed by atoms with van der Waals surface area (Å²) >= 11 is 0. The van der Waals surface area contributed by atoms with Crippen LogP contribution in [0, 0.1) is 10.8 Å². The molecular formula is C22H41IN4O2. The van der Waals surface area contributed by atoms with Gasteiger partial charge in [0.15, 0.2) is 5.96 Å². The molecule has 0 amide bonds. The third-order valence-corrected chi connectivity index (χ3v) is 7.40. The van der Waals surface area contributed by atoms with Gasteiger partial charge >= 0.3 is 0 Å². The first-order valence-corrected chi connectivity index (χ1v) is 11.6. The molecule has 1 unspecified atom stereocenters. The number of hydrogen-bond acceptors (Lipinski definition) is 4. The Hall–Kier alpha value is -0.120. The first kappa shape index (κ1) is 23.5. The van der Waals surface area contributed by atoms with E-state index in [0.717, 1.165) is 71.7 Å². The molecule has 1 aliphatic carbocycles. The minimum Gasteiger partial charge on any atom is -0.381 e. The first-order chi connectivity index (χ1) is 13.7. The summed E-state index contributed by atoms with van der Waals surface area (Å²) in [4.78, 5) is 10.4. The van der Waals surface area contributed by atoms with Gasteiger partial charge in [0.25, 0.3) is 0 Å². The fraction of sp³-hybridized carbons (Fsp3) is 0.955. The molecule has 6 nitrogen and oxygen atoms in total. The Kier molecular flexibility index (Phi) is 8.89. The second-order valence-electron chi connectivity index (χ2n) is 9.59. The normalized spacial score (nSPS) is 30.5. The molecule has 3 heterocycles. The van der Waals surface area contributed by atoms with E-state index in [-0.39, 0.29) is 24.0 Å². The van der Waals surface area contributed by atoms with Crippen LogP contribution in [-0.2, 0) is 9.47 Å². The van der Waals surface area contributed by atoms with Crippen molar-refractivity contribution in [3.05, 3.63) is 0 Å². The summed E-state index contributed by atoms with van der Waals surface area (Å²) in [5.41, 5.74) is 0.733. The van der Waals surface area contributed by atoms with E-state index in [9.17, 15) is 0 Å². The highest BCUT2D eigenvalue weighted by Crippen LogP contribution is 2.39. The molecular weight excluding hydrogens is 479 g/mol. The summed E-state index contributed by atoms with van der Waals surface area (Å²) in [6, 6.07) is 0. The third kappa shape index (κ3) is 5.98. The van der Waals surface area contributed by atoms with Crippen molar-refractivity contribution < 1.29 is 9.47 Å². The van der Waals surface area contributed by atoms with Crippen molar-refractivity contribution in [3.63, 3.8) is 0 Å². The van der Waals surface area contributed by atoms with Crippen LogP contribution in [0.1, 0.15) is 51.9 Å². The molecule has 4 fully saturated rings. The molecule has 0 bridgehead atoms. The number of guanidine groups is 1. The van der Waals surface area contributed by atoms with Gasteiger partial charge in [0.05, 0.1) is 19.8 Å². The average Bonchev–Trinajstić information content (AvgIpc) is 3.37. The molecule has 7 heteroatoms. The molecule has 0 radical (unpaired) electrons. The monoisotopic (exact) mass is 520 g/mol. The zero-order chi connectivity index (χ0) is 19.3. The van der Waals surface area contributed by atoms with Gasteiger partial charge in [0.2, 0.25) is 0 Å². The number of halogens is 1. The van der Waals surface area contributed by atoms with Crippen molar-refractivity contribution in [1.29, 1.82) is 0 Å². The quantitative estimate of drug-likeness (QED) is 0.343. The fourth-order valence-corrected chi connectivity index (χ4v) is 5.66. The lowest BCUT2D eigenvalue weighted by molar-refractivity contribution is 0.00933. The summed E-state index contributed by atoms with van der Waals surface area (Å²) in [6.07, 6.45) is 9.22. The predicted molar refractivity (Wildman–Crippen MR) is 128 cm³/mol. The highest BCUT2D eigenvalue weighted by atomic mass is 127. The van der Waals surface area contributed by atoms with Crippen LogP contribution in [0.4, 0.5) is 0 Å². The van der Waals surface area contributed by atoms with Crippen molar-refractivity contribution in [3.8, 4) is 0 Å². The van der Waals surface area contributed by atoms with Crippen LogP contribution < -0.4 is 5.32 Å². The largest absolute Gasteiger partial charge is 0.381 e. The summed E-state index contributed by atoms with van der Waals surface area (Å²) in [6.45, 7) is 13.3. The molecule has 29 heavy (non-hydrogen) atoms. The molecule has 1 atom stereocenters. The highest BCUT2D eigenvalue weighted by molar-refractivity contribution is 14.0. The van der Waals surface area contributed by atoms with Crippen LogP contribution in [0.2, 0.25) is 0 Å². The van der Waals surface area contributed by atoms with Crippen LogP contribution in [0.5, 0.6) is 0 Å². The number of hydrogen-bond donors (Lipinski definition) is 1. The standard InChI is InChI=1S/C22H40N4O2.HI/c1-2-23-20(26-10-8-22(18-26)9-13-28-19-22)24-16-21(6-4-3-5-7-21)17-25-11-14-27-15-12-25;/h2-19H2,1H3,(H,23,24);1H. The summed E-state index contributed by atoms with van der Waals surface area (Å²) < 4.78 is 11.3. The molecule has 1 N–H and O–H groups in total. The molecule has 168 valence electrons. The smallest absolute Gasteiger partial charge is 0.193 e. The minimum absolute atomic E-state index is 0. The van der Waals surface area contributed by atoms with Crippen LogP contribution in [-0.4, -0.2) is 88.0 Å². The van der Waals surface area contributed by atoms with Crippen LogP contribution in [0.25, 0.3) is 0 Å². The first-order valence-electron chi connectivity index (χ1n) is 11.6. The van der Waals surface area contributed by atoms with Gasteiger partial charge in [-0.1, -0.05) is 19.3 Å². The number of rotatable bonds is 5. The Morgan fingerprint density at radius 1 is 0.966 bits per heavy atom. The van der Waals surface area contributed by atoms with E-state index in [1.54, 1.807) is 0 Å². The van der Waals surface area contributed by atoms with Crippen LogP contribution in [0.15, 0.2) is 4.99 Å². The van der Waals surface area contributed by atoms with Crippen molar-refractivity contribution in [2.75, 3.05) is 72.2 Å². The summed E-state index contributed by atoms with van der Waals surface area (Å²) in [7, 11) is 0. The van der Waals surface area contributed by atoms with Crippen LogP contribution >= 0.6 is 24.0 Å². The molecule has 0 aromatic heterocycles. The molecule has 3 aliphatic heterocycles. The molecule has 4 aliphatic rings. The van der Waals surface area contributed by atoms with Gasteiger partial charge in [0.1, 0.15) is 0 Å². The van der Waals surface area contributed by atoms with E-state index in [1.807, 2.05) is 0 Å². The van der Waals surface area contributed by atoms with E-state index in [1.165, 1.54) is 51.5 Å². The number of morpholine rings is 1. The molecule has 0 aromatic carbocycles. The second-order valence-corrected chi connectivity index (χ2v) is 9.59. The zero-order valence-electron chi connectivity index (χ0n) is 18.3. The van der Waals surface area contributed by atoms with Gasteiger partial charge in [-0.2, -0.15) is 0 Å². The van der Waals surface area contributed by atoms with Gasteiger partial charge in [0, 0.05) is 63.3 Å². The van der Waals surface area contributed by atoms with Crippen LogP contribution in [0.3, 0.4) is 0 Å². The van der Waals surface area contributed by atoms with Gasteiger partial charge in [-0.3, -0.25) is 9.89 Å². The van der Waals surface area contributed by atoms with Crippen molar-refractivity contribution >= 4 is 29.9 Å². The Morgan fingerprint density at radius 2 is 1.76 bits per heavy atom. The summed E-state index contributed by atoms with van der Waals surface area (Å²) in [5.74, 6) is 1.14. The van der Waals surface area contributed by atoms with Crippen molar-refractivity contribution in [2.24, 2.45) is 15.8 Å². The Morgan fingerprint density at radius 3 is 2.45 bits per heavy atom. The average molecular weight is 521 g/mol. The zero-order valence-corrected chi connectivity index (χ0v) is 20.6. The Balaban J connectivity index is 0.00000240. The fourth-order valence-electron chi connectivity index (χ4n) is 5.66. The minimum atomic E-state index is 0. The number of ether oxygens (including phenoxy) is 2. The summed E-state index contributed by atoms with van der Waals surface area (Å²) in [5, 5.41) is 3.59. The Labute approximate surface area is 194 Å². The third-order valence-electron chi connectivity index (χ3n) is 7.40. The lowest BCUT2D eigenvalue weighted by atomic mass is 9.73. The lowest BCUT2D eigenvalue weighted by Gasteiger charge is -2.41. The van der Waals surface area contributed by atoms with Gasteiger partial charge in [-0.15, -0.1) is 24.0 Å². The molecule has 1 saturated carbocycles. The number of nitrogens with one attached hydrogen (secondary N) is 1. The number of likely N-dealkylation sites (tertiary alicyclic amines) is 1. The Bertz CT molecular complexity index is 527. The van der Waals surface area contributed by atoms with E-state index >= 15 is 0 Å². The second kappa shape index (κ2) is 11.0. The van der Waals surface area contributed by atoms with Gasteiger partial charge in [-0.25, -0.2) is 0 Å². The van der Waals surface area contributed by atoms with E-state index < -0.39 is 0 Å². The van der Waals surface area contributed by atoms with Crippen molar-refractivity contribution in [1.82, 2.24) is 15.1 Å². The maximum Gasteiger partial charge on any atom is 0.193 e. The number of nitrogens with zero attached hydrogens (tertiary/aromatic N) is 3. The van der Waals surface area contributed by atoms with E-state index in [4.69, 9.17) is 14.5 Å².